The van der Waals surface area contributed by atoms with Crippen LogP contribution in [0.1, 0.15) is 21.5 Å². The van der Waals surface area contributed by atoms with Gasteiger partial charge in [-0.05, 0) is 41.8 Å². The highest BCUT2D eigenvalue weighted by Gasteiger charge is 2.24. The number of rotatable bonds is 5. The van der Waals surface area contributed by atoms with Gasteiger partial charge in [-0.25, -0.2) is 9.59 Å². The number of anilines is 1. The molecule has 0 aliphatic carbocycles. The van der Waals surface area contributed by atoms with Crippen LogP contribution in [0.5, 0.6) is 0 Å². The zero-order valence-corrected chi connectivity index (χ0v) is 14.9. The largest absolute Gasteiger partial charge is 0.465 e. The Balaban J connectivity index is 1.52. The normalized spacial score (nSPS) is 12.7. The fraction of sp³-hybridized carbons (Fsp3) is 0.190. The number of nitrogens with zero attached hydrogens (tertiary/aromatic N) is 1. The molecule has 1 amide bonds. The van der Waals surface area contributed by atoms with Crippen molar-refractivity contribution < 1.29 is 23.9 Å². The summed E-state index contributed by atoms with van der Waals surface area (Å²) in [5.74, 6) is -1.27. The highest BCUT2D eigenvalue weighted by molar-refractivity contribution is 5.98. The number of methoxy groups -OCH3 is 1. The maximum atomic E-state index is 12.3. The van der Waals surface area contributed by atoms with Gasteiger partial charge in [0.2, 0.25) is 0 Å². The summed E-state index contributed by atoms with van der Waals surface area (Å²) in [5, 5.41) is 0. The van der Waals surface area contributed by atoms with Gasteiger partial charge in [0, 0.05) is 18.3 Å². The molecule has 2 aromatic rings. The highest BCUT2D eigenvalue weighted by atomic mass is 16.5. The summed E-state index contributed by atoms with van der Waals surface area (Å²) < 4.78 is 9.67. The molecule has 3 rings (SSSR count). The lowest BCUT2D eigenvalue weighted by Gasteiger charge is -2.16. The zero-order valence-electron chi connectivity index (χ0n) is 14.9. The lowest BCUT2D eigenvalue weighted by molar-refractivity contribution is -0.142. The van der Waals surface area contributed by atoms with Gasteiger partial charge >= 0.3 is 11.9 Å². The van der Waals surface area contributed by atoms with Crippen LogP contribution < -0.4 is 4.90 Å². The number of hydrogen-bond acceptors (Lipinski definition) is 5. The second-order valence-electron chi connectivity index (χ2n) is 5.98. The van der Waals surface area contributed by atoms with E-state index in [-0.39, 0.29) is 12.5 Å². The molecule has 0 N–H and O–H groups in total. The molecule has 6 nitrogen and oxygen atoms in total. The monoisotopic (exact) mass is 365 g/mol. The van der Waals surface area contributed by atoms with Gasteiger partial charge in [0.05, 0.1) is 12.7 Å². The molecule has 0 saturated heterocycles. The zero-order chi connectivity index (χ0) is 19.2. The first-order valence-electron chi connectivity index (χ1n) is 8.50. The number of fused-ring (bicyclic) bond motifs is 1. The van der Waals surface area contributed by atoms with E-state index in [4.69, 9.17) is 4.74 Å². The highest BCUT2D eigenvalue weighted by Crippen LogP contribution is 2.27. The number of esters is 2. The molecular weight excluding hydrogens is 346 g/mol. The van der Waals surface area contributed by atoms with Crippen molar-refractivity contribution in [1.82, 2.24) is 0 Å². The molecule has 0 saturated carbocycles. The van der Waals surface area contributed by atoms with Gasteiger partial charge in [-0.2, -0.15) is 0 Å². The Kier molecular flexibility index (Phi) is 5.66. The summed E-state index contributed by atoms with van der Waals surface area (Å²) in [4.78, 5) is 37.2. The third-order valence-electron chi connectivity index (χ3n) is 4.27. The first-order valence-corrected chi connectivity index (χ1v) is 8.50. The molecule has 1 aliphatic heterocycles. The average Bonchev–Trinajstić information content (AvgIpc) is 3.14. The lowest BCUT2D eigenvalue weighted by atomic mass is 10.1. The first-order chi connectivity index (χ1) is 13.1. The fourth-order valence-electron chi connectivity index (χ4n) is 2.87. The fourth-order valence-corrected chi connectivity index (χ4v) is 2.87. The molecule has 0 fully saturated rings. The number of benzene rings is 2. The summed E-state index contributed by atoms with van der Waals surface area (Å²) in [6, 6.07) is 14.3. The lowest BCUT2D eigenvalue weighted by Crippen LogP contribution is -2.33. The van der Waals surface area contributed by atoms with Crippen LogP contribution in [-0.4, -0.2) is 38.1 Å². The van der Waals surface area contributed by atoms with Gasteiger partial charge in [-0.1, -0.05) is 30.3 Å². The van der Waals surface area contributed by atoms with E-state index in [1.54, 1.807) is 35.2 Å². The Labute approximate surface area is 157 Å². The van der Waals surface area contributed by atoms with E-state index in [9.17, 15) is 14.4 Å². The van der Waals surface area contributed by atoms with E-state index < -0.39 is 11.9 Å². The second kappa shape index (κ2) is 8.31. The van der Waals surface area contributed by atoms with Crippen molar-refractivity contribution >= 4 is 29.6 Å². The minimum absolute atomic E-state index is 0.246. The summed E-state index contributed by atoms with van der Waals surface area (Å²) in [5.41, 5.74) is 3.14. The molecule has 6 heteroatoms. The Morgan fingerprint density at radius 2 is 1.81 bits per heavy atom. The third-order valence-corrected chi connectivity index (χ3v) is 4.27. The molecule has 0 bridgehead atoms. The minimum Gasteiger partial charge on any atom is -0.465 e. The second-order valence-corrected chi connectivity index (χ2v) is 5.98. The molecule has 138 valence electrons. The molecule has 0 aromatic heterocycles. The standard InChI is InChI=1S/C21H19NO5/c1-26-21(25)17-9-6-15(7-10-17)8-11-20(24)27-14-19(23)22-13-12-16-4-2-3-5-18(16)22/h2-11H,12-14H2,1H3/b11-8+. The van der Waals surface area contributed by atoms with E-state index in [0.717, 1.165) is 23.2 Å². The molecule has 0 unspecified atom stereocenters. The van der Waals surface area contributed by atoms with E-state index in [0.29, 0.717) is 12.1 Å². The van der Waals surface area contributed by atoms with Gasteiger partial charge in [-0.15, -0.1) is 0 Å². The first kappa shape index (κ1) is 18.4. The van der Waals surface area contributed by atoms with Gasteiger partial charge in [-0.3, -0.25) is 4.79 Å². The number of ether oxygens (including phenoxy) is 2. The number of carbonyl (C=O) groups excluding carboxylic acids is 3. The molecule has 0 atom stereocenters. The van der Waals surface area contributed by atoms with Crippen molar-refractivity contribution in [2.24, 2.45) is 0 Å². The Bertz CT molecular complexity index is 886. The maximum absolute atomic E-state index is 12.3. The van der Waals surface area contributed by atoms with E-state index in [2.05, 4.69) is 4.74 Å². The smallest absolute Gasteiger partial charge is 0.337 e. The predicted molar refractivity (Wildman–Crippen MR) is 100 cm³/mol. The Morgan fingerprint density at radius 3 is 2.56 bits per heavy atom. The molecule has 1 aliphatic rings. The predicted octanol–water partition coefficient (Wildman–Crippen LogP) is 2.62. The molecule has 2 aromatic carbocycles. The van der Waals surface area contributed by atoms with Crippen LogP contribution in [0.3, 0.4) is 0 Å². The van der Waals surface area contributed by atoms with Crippen LogP contribution in [0, 0.1) is 0 Å². The quantitative estimate of drug-likeness (QED) is 0.602. The summed E-state index contributed by atoms with van der Waals surface area (Å²) in [6.07, 6.45) is 3.61. The molecular formula is C21H19NO5. The average molecular weight is 365 g/mol. The number of carbonyl (C=O) groups is 3. The van der Waals surface area contributed by atoms with Gasteiger partial charge < -0.3 is 14.4 Å². The minimum atomic E-state index is -0.604. The van der Waals surface area contributed by atoms with Crippen molar-refractivity contribution in [2.45, 2.75) is 6.42 Å². The third kappa shape index (κ3) is 4.41. The van der Waals surface area contributed by atoms with Crippen molar-refractivity contribution in [3.63, 3.8) is 0 Å². The molecule has 1 heterocycles. The van der Waals surface area contributed by atoms with E-state index in [1.165, 1.54) is 13.2 Å². The number of para-hydroxylation sites is 1. The summed E-state index contributed by atoms with van der Waals surface area (Å²) >= 11 is 0. The van der Waals surface area contributed by atoms with Crippen LogP contribution in [-0.2, 0) is 25.5 Å². The van der Waals surface area contributed by atoms with Gasteiger partial charge in [0.15, 0.2) is 6.61 Å². The van der Waals surface area contributed by atoms with Crippen LogP contribution in [0.4, 0.5) is 5.69 Å². The van der Waals surface area contributed by atoms with Crippen molar-refractivity contribution in [1.29, 1.82) is 0 Å². The van der Waals surface area contributed by atoms with Gasteiger partial charge in [0.25, 0.3) is 5.91 Å². The number of hydrogen-bond donors (Lipinski definition) is 0. The Hall–Kier alpha value is -3.41. The summed E-state index contributed by atoms with van der Waals surface area (Å²) in [7, 11) is 1.31. The van der Waals surface area contributed by atoms with E-state index >= 15 is 0 Å². The van der Waals surface area contributed by atoms with Gasteiger partial charge in [0.1, 0.15) is 0 Å². The number of amides is 1. The summed E-state index contributed by atoms with van der Waals surface area (Å²) in [6.45, 7) is 0.289. The van der Waals surface area contributed by atoms with Crippen LogP contribution >= 0.6 is 0 Å². The van der Waals surface area contributed by atoms with Crippen molar-refractivity contribution in [2.75, 3.05) is 25.2 Å². The van der Waals surface area contributed by atoms with Crippen molar-refractivity contribution in [3.05, 3.63) is 71.3 Å². The van der Waals surface area contributed by atoms with Crippen LogP contribution in [0.25, 0.3) is 6.08 Å². The molecule has 0 spiro atoms. The maximum Gasteiger partial charge on any atom is 0.337 e. The Morgan fingerprint density at radius 1 is 1.07 bits per heavy atom. The van der Waals surface area contributed by atoms with Crippen LogP contribution in [0.15, 0.2) is 54.6 Å². The molecule has 0 radical (unpaired) electrons. The van der Waals surface area contributed by atoms with E-state index in [1.807, 2.05) is 24.3 Å². The van der Waals surface area contributed by atoms with Crippen molar-refractivity contribution in [3.8, 4) is 0 Å². The topological polar surface area (TPSA) is 72.9 Å². The van der Waals surface area contributed by atoms with Crippen LogP contribution in [0.2, 0.25) is 0 Å². The SMILES string of the molecule is COC(=O)c1ccc(/C=C/C(=O)OCC(=O)N2CCc3ccccc32)cc1. The molecule has 27 heavy (non-hydrogen) atoms.